The Balaban J connectivity index is 0.00000364. The van der Waals surface area contributed by atoms with Gasteiger partial charge in [0.15, 0.2) is 5.96 Å². The highest BCUT2D eigenvalue weighted by Gasteiger charge is 2.12. The van der Waals surface area contributed by atoms with Crippen LogP contribution in [0.25, 0.3) is 0 Å². The predicted molar refractivity (Wildman–Crippen MR) is 125 cm³/mol. The first-order valence-corrected chi connectivity index (χ1v) is 10.0. The summed E-state index contributed by atoms with van der Waals surface area (Å²) in [5.74, 6) is 1.30. The number of nitrogens with one attached hydrogen (secondary N) is 2. The first-order chi connectivity index (χ1) is 12.6. The summed E-state index contributed by atoms with van der Waals surface area (Å²) in [4.78, 5) is 6.15. The number of nitrogens with zero attached hydrogens (tertiary/aromatic N) is 3. The lowest BCUT2D eigenvalue weighted by Crippen LogP contribution is -2.39. The predicted octanol–water partition coefficient (Wildman–Crippen LogP) is 3.68. The zero-order valence-corrected chi connectivity index (χ0v) is 20.1. The molecule has 152 valence electrons. The average molecular weight is 505 g/mol. The molecule has 0 radical (unpaired) electrons. The van der Waals surface area contributed by atoms with E-state index >= 15 is 0 Å². The fourth-order valence-electron chi connectivity index (χ4n) is 2.78. The molecule has 0 aliphatic rings. The van der Waals surface area contributed by atoms with Gasteiger partial charge in [0.25, 0.3) is 0 Å². The summed E-state index contributed by atoms with van der Waals surface area (Å²) >= 11 is 1.80. The second-order valence-corrected chi connectivity index (χ2v) is 7.34. The fraction of sp³-hybridized carbons (Fsp3) is 0.579. The van der Waals surface area contributed by atoms with Crippen molar-refractivity contribution < 1.29 is 4.74 Å². The van der Waals surface area contributed by atoms with Crippen LogP contribution in [0.4, 0.5) is 0 Å². The van der Waals surface area contributed by atoms with Crippen LogP contribution in [0, 0.1) is 13.8 Å². The van der Waals surface area contributed by atoms with Gasteiger partial charge < -0.3 is 15.4 Å². The molecule has 1 unspecified atom stereocenters. The van der Waals surface area contributed by atoms with Crippen LogP contribution in [0.5, 0.6) is 0 Å². The van der Waals surface area contributed by atoms with Gasteiger partial charge in [0, 0.05) is 42.3 Å². The molecule has 27 heavy (non-hydrogen) atoms. The SMILES string of the molecule is CCNC(=NCc1c(C)nn(CCOC)c1C)NCC(C)c1cccs1.I. The van der Waals surface area contributed by atoms with Crippen LogP contribution in [0.3, 0.4) is 0 Å². The number of thiophene rings is 1. The van der Waals surface area contributed by atoms with Gasteiger partial charge in [-0.3, -0.25) is 4.68 Å². The minimum absolute atomic E-state index is 0. The molecule has 0 amide bonds. The van der Waals surface area contributed by atoms with Crippen molar-refractivity contribution in [3.05, 3.63) is 39.3 Å². The van der Waals surface area contributed by atoms with Crippen molar-refractivity contribution in [1.29, 1.82) is 0 Å². The molecule has 2 heterocycles. The third-order valence-electron chi connectivity index (χ3n) is 4.38. The lowest BCUT2D eigenvalue weighted by atomic mass is 10.1. The van der Waals surface area contributed by atoms with Crippen LogP contribution in [-0.2, 0) is 17.8 Å². The summed E-state index contributed by atoms with van der Waals surface area (Å²) < 4.78 is 7.16. The van der Waals surface area contributed by atoms with Gasteiger partial charge in [0.1, 0.15) is 0 Å². The van der Waals surface area contributed by atoms with E-state index in [1.54, 1.807) is 18.4 Å². The van der Waals surface area contributed by atoms with E-state index in [4.69, 9.17) is 9.73 Å². The number of guanidine groups is 1. The summed E-state index contributed by atoms with van der Waals surface area (Å²) in [6.45, 7) is 12.2. The number of halogens is 1. The molecule has 0 aliphatic carbocycles. The third-order valence-corrected chi connectivity index (χ3v) is 5.49. The molecule has 2 aromatic rings. The Bertz CT molecular complexity index is 699. The fourth-order valence-corrected chi connectivity index (χ4v) is 3.57. The van der Waals surface area contributed by atoms with Gasteiger partial charge in [-0.15, -0.1) is 35.3 Å². The molecular formula is C19H32IN5OS. The van der Waals surface area contributed by atoms with Gasteiger partial charge in [-0.05, 0) is 32.2 Å². The average Bonchev–Trinajstić information content (AvgIpc) is 3.25. The molecule has 0 fully saturated rings. The maximum absolute atomic E-state index is 5.16. The van der Waals surface area contributed by atoms with Crippen molar-refractivity contribution in [2.75, 3.05) is 26.8 Å². The van der Waals surface area contributed by atoms with Crippen LogP contribution in [-0.4, -0.2) is 42.5 Å². The summed E-state index contributed by atoms with van der Waals surface area (Å²) in [7, 11) is 1.71. The largest absolute Gasteiger partial charge is 0.383 e. The Morgan fingerprint density at radius 2 is 2.15 bits per heavy atom. The lowest BCUT2D eigenvalue weighted by molar-refractivity contribution is 0.182. The van der Waals surface area contributed by atoms with Crippen LogP contribution >= 0.6 is 35.3 Å². The molecule has 0 saturated heterocycles. The summed E-state index contributed by atoms with van der Waals surface area (Å²) in [6.07, 6.45) is 0. The molecule has 0 saturated carbocycles. The Labute approximate surface area is 183 Å². The van der Waals surface area contributed by atoms with Crippen molar-refractivity contribution >= 4 is 41.3 Å². The molecular weight excluding hydrogens is 473 g/mol. The zero-order chi connectivity index (χ0) is 18.9. The second-order valence-electron chi connectivity index (χ2n) is 6.36. The van der Waals surface area contributed by atoms with E-state index in [0.29, 0.717) is 19.1 Å². The van der Waals surface area contributed by atoms with Gasteiger partial charge in [0.2, 0.25) is 0 Å². The van der Waals surface area contributed by atoms with Gasteiger partial charge >= 0.3 is 0 Å². The third kappa shape index (κ3) is 7.08. The van der Waals surface area contributed by atoms with Crippen molar-refractivity contribution in [2.24, 2.45) is 4.99 Å². The standard InChI is InChI=1S/C19H31N5OS.HI/c1-6-20-19(21-12-14(2)18-8-7-11-26-18)22-13-17-15(3)23-24(16(17)4)9-10-25-5;/h7-8,11,14H,6,9-10,12-13H2,1-5H3,(H2,20,21,22);1H. The number of rotatable bonds is 9. The van der Waals surface area contributed by atoms with Crippen LogP contribution < -0.4 is 10.6 Å². The highest BCUT2D eigenvalue weighted by Crippen LogP contribution is 2.19. The Kier molecular flexibility index (Phi) is 10.9. The molecule has 2 N–H and O–H groups in total. The number of aryl methyl sites for hydroxylation is 1. The van der Waals surface area contributed by atoms with Gasteiger partial charge in [-0.2, -0.15) is 5.10 Å². The molecule has 0 aromatic carbocycles. The number of aliphatic imine (C=N–C) groups is 1. The van der Waals surface area contributed by atoms with Crippen molar-refractivity contribution in [3.8, 4) is 0 Å². The first-order valence-electron chi connectivity index (χ1n) is 9.14. The van der Waals surface area contributed by atoms with E-state index in [2.05, 4.69) is 54.0 Å². The maximum Gasteiger partial charge on any atom is 0.191 e. The Morgan fingerprint density at radius 3 is 2.78 bits per heavy atom. The lowest BCUT2D eigenvalue weighted by Gasteiger charge is -2.15. The van der Waals surface area contributed by atoms with E-state index in [9.17, 15) is 0 Å². The first kappa shape index (κ1) is 23.9. The monoisotopic (exact) mass is 505 g/mol. The highest BCUT2D eigenvalue weighted by molar-refractivity contribution is 14.0. The highest BCUT2D eigenvalue weighted by atomic mass is 127. The van der Waals surface area contributed by atoms with Crippen LogP contribution in [0.15, 0.2) is 22.5 Å². The van der Waals surface area contributed by atoms with E-state index in [1.807, 2.05) is 11.6 Å². The number of ether oxygens (including phenoxy) is 1. The quantitative estimate of drug-likeness (QED) is 0.310. The van der Waals surface area contributed by atoms with E-state index < -0.39 is 0 Å². The normalized spacial score (nSPS) is 12.6. The van der Waals surface area contributed by atoms with Crippen molar-refractivity contribution in [2.45, 2.75) is 46.7 Å². The molecule has 0 aliphatic heterocycles. The van der Waals surface area contributed by atoms with Gasteiger partial charge in [-0.1, -0.05) is 13.0 Å². The van der Waals surface area contributed by atoms with Crippen LogP contribution in [0.2, 0.25) is 0 Å². The molecule has 6 nitrogen and oxygen atoms in total. The van der Waals surface area contributed by atoms with Gasteiger partial charge in [-0.25, -0.2) is 4.99 Å². The topological polar surface area (TPSA) is 63.5 Å². The number of hydrogen-bond acceptors (Lipinski definition) is 4. The summed E-state index contributed by atoms with van der Waals surface area (Å²) in [6, 6.07) is 4.28. The number of aromatic nitrogens is 2. The Hall–Kier alpha value is -1.13. The number of methoxy groups -OCH3 is 1. The van der Waals surface area contributed by atoms with E-state index in [-0.39, 0.29) is 24.0 Å². The Morgan fingerprint density at radius 1 is 1.37 bits per heavy atom. The maximum atomic E-state index is 5.16. The molecule has 0 spiro atoms. The summed E-state index contributed by atoms with van der Waals surface area (Å²) in [5.41, 5.74) is 3.38. The van der Waals surface area contributed by atoms with E-state index in [0.717, 1.165) is 37.0 Å². The smallest absolute Gasteiger partial charge is 0.191 e. The molecule has 2 aromatic heterocycles. The second kappa shape index (κ2) is 12.4. The minimum atomic E-state index is 0. The number of hydrogen-bond donors (Lipinski definition) is 2. The molecule has 1 atom stereocenters. The zero-order valence-electron chi connectivity index (χ0n) is 16.9. The van der Waals surface area contributed by atoms with Crippen LogP contribution in [0.1, 0.15) is 41.6 Å². The van der Waals surface area contributed by atoms with Crippen molar-refractivity contribution in [3.63, 3.8) is 0 Å². The molecule has 2 rings (SSSR count). The van der Waals surface area contributed by atoms with Crippen molar-refractivity contribution in [1.82, 2.24) is 20.4 Å². The van der Waals surface area contributed by atoms with Gasteiger partial charge in [0.05, 0.1) is 25.4 Å². The molecule has 0 bridgehead atoms. The molecule has 8 heteroatoms. The minimum Gasteiger partial charge on any atom is -0.383 e. The van der Waals surface area contributed by atoms with E-state index in [1.165, 1.54) is 10.4 Å². The summed E-state index contributed by atoms with van der Waals surface area (Å²) in [5, 5.41) is 13.5.